The molecule has 29 heavy (non-hydrogen) atoms. The Balaban J connectivity index is 0.00000240. The van der Waals surface area contributed by atoms with E-state index in [1.54, 1.807) is 0 Å². The van der Waals surface area contributed by atoms with E-state index in [1.807, 2.05) is 7.05 Å². The van der Waals surface area contributed by atoms with Crippen molar-refractivity contribution in [1.82, 2.24) is 10.2 Å². The van der Waals surface area contributed by atoms with E-state index in [0.29, 0.717) is 5.92 Å². The standard InChI is InChI=1S/C23H30N4O.HI/c1-24-23(27-12-11-21(18-27)20-5-3-2-4-6-20)25-17-19-7-9-22(10-8-19)26-13-15-28-16-14-26;/h2-10,21H,11-18H2,1H3,(H,24,25);1H. The monoisotopic (exact) mass is 506 g/mol. The van der Waals surface area contributed by atoms with E-state index < -0.39 is 0 Å². The summed E-state index contributed by atoms with van der Waals surface area (Å²) in [6, 6.07) is 19.7. The largest absolute Gasteiger partial charge is 0.378 e. The molecule has 0 aliphatic carbocycles. The van der Waals surface area contributed by atoms with Gasteiger partial charge in [0.15, 0.2) is 5.96 Å². The number of halogens is 1. The van der Waals surface area contributed by atoms with Gasteiger partial charge in [0.2, 0.25) is 0 Å². The van der Waals surface area contributed by atoms with Crippen LogP contribution in [-0.4, -0.2) is 57.3 Å². The predicted molar refractivity (Wildman–Crippen MR) is 130 cm³/mol. The SMILES string of the molecule is CN=C(NCc1ccc(N2CCOCC2)cc1)N1CCC(c2ccccc2)C1.I. The summed E-state index contributed by atoms with van der Waals surface area (Å²) >= 11 is 0. The first kappa shape index (κ1) is 21.9. The fraction of sp³-hybridized carbons (Fsp3) is 0.435. The van der Waals surface area contributed by atoms with Crippen LogP contribution >= 0.6 is 24.0 Å². The van der Waals surface area contributed by atoms with Crippen molar-refractivity contribution < 1.29 is 4.74 Å². The maximum absolute atomic E-state index is 5.44. The number of morpholine rings is 1. The number of aliphatic imine (C=N–C) groups is 1. The van der Waals surface area contributed by atoms with Gasteiger partial charge in [-0.3, -0.25) is 4.99 Å². The molecule has 0 spiro atoms. The highest BCUT2D eigenvalue weighted by Crippen LogP contribution is 2.27. The van der Waals surface area contributed by atoms with Gasteiger partial charge in [-0.2, -0.15) is 0 Å². The van der Waals surface area contributed by atoms with E-state index >= 15 is 0 Å². The van der Waals surface area contributed by atoms with Crippen molar-refractivity contribution in [3.8, 4) is 0 Å². The van der Waals surface area contributed by atoms with Crippen molar-refractivity contribution >= 4 is 35.6 Å². The molecule has 0 amide bonds. The van der Waals surface area contributed by atoms with E-state index in [9.17, 15) is 0 Å². The van der Waals surface area contributed by atoms with Crippen LogP contribution in [0.5, 0.6) is 0 Å². The van der Waals surface area contributed by atoms with Gasteiger partial charge in [0.1, 0.15) is 0 Å². The molecule has 2 heterocycles. The molecule has 1 atom stereocenters. The minimum atomic E-state index is 0. The minimum Gasteiger partial charge on any atom is -0.378 e. The summed E-state index contributed by atoms with van der Waals surface area (Å²) in [5.41, 5.74) is 3.98. The maximum atomic E-state index is 5.44. The zero-order valence-corrected chi connectivity index (χ0v) is 19.4. The fourth-order valence-corrected chi connectivity index (χ4v) is 4.11. The molecule has 2 aliphatic rings. The summed E-state index contributed by atoms with van der Waals surface area (Å²) in [4.78, 5) is 9.27. The summed E-state index contributed by atoms with van der Waals surface area (Å²) in [5.74, 6) is 1.59. The normalized spacial score (nSPS) is 19.8. The predicted octanol–water partition coefficient (Wildman–Crippen LogP) is 3.71. The van der Waals surface area contributed by atoms with E-state index in [-0.39, 0.29) is 24.0 Å². The number of ether oxygens (including phenoxy) is 1. The number of rotatable bonds is 4. The maximum Gasteiger partial charge on any atom is 0.193 e. The van der Waals surface area contributed by atoms with E-state index in [4.69, 9.17) is 4.74 Å². The van der Waals surface area contributed by atoms with Crippen LogP contribution in [-0.2, 0) is 11.3 Å². The lowest BCUT2D eigenvalue weighted by molar-refractivity contribution is 0.122. The summed E-state index contributed by atoms with van der Waals surface area (Å²) in [5, 5.41) is 3.54. The molecule has 2 aromatic rings. The van der Waals surface area contributed by atoms with Gasteiger partial charge < -0.3 is 19.9 Å². The first-order valence-electron chi connectivity index (χ1n) is 10.3. The van der Waals surface area contributed by atoms with Crippen LogP contribution in [0.1, 0.15) is 23.5 Å². The Morgan fingerprint density at radius 1 is 1.03 bits per heavy atom. The highest BCUT2D eigenvalue weighted by atomic mass is 127. The molecule has 4 rings (SSSR count). The molecule has 2 aromatic carbocycles. The van der Waals surface area contributed by atoms with E-state index in [1.165, 1.54) is 23.2 Å². The van der Waals surface area contributed by atoms with Crippen molar-refractivity contribution in [2.75, 3.05) is 51.3 Å². The average Bonchev–Trinajstić information content (AvgIpc) is 3.26. The molecule has 0 bridgehead atoms. The molecule has 0 radical (unpaired) electrons. The lowest BCUT2D eigenvalue weighted by atomic mass is 9.99. The van der Waals surface area contributed by atoms with Crippen molar-refractivity contribution in [2.24, 2.45) is 4.99 Å². The first-order chi connectivity index (χ1) is 13.8. The van der Waals surface area contributed by atoms with E-state index in [2.05, 4.69) is 74.7 Å². The van der Waals surface area contributed by atoms with Gasteiger partial charge >= 0.3 is 0 Å². The summed E-state index contributed by atoms with van der Waals surface area (Å²) in [6.07, 6.45) is 1.18. The second-order valence-corrected chi connectivity index (χ2v) is 7.51. The molecular weight excluding hydrogens is 475 g/mol. The van der Waals surface area contributed by atoms with Crippen LogP contribution in [0.15, 0.2) is 59.6 Å². The molecule has 1 unspecified atom stereocenters. The molecule has 6 heteroatoms. The van der Waals surface area contributed by atoms with E-state index in [0.717, 1.165) is 51.9 Å². The van der Waals surface area contributed by atoms with Crippen molar-refractivity contribution in [3.63, 3.8) is 0 Å². The van der Waals surface area contributed by atoms with Crippen LogP contribution in [0, 0.1) is 0 Å². The Kier molecular flexibility index (Phi) is 8.18. The topological polar surface area (TPSA) is 40.1 Å². The molecule has 156 valence electrons. The Bertz CT molecular complexity index is 775. The molecule has 0 aromatic heterocycles. The minimum absolute atomic E-state index is 0. The Hall–Kier alpha value is -1.80. The average molecular weight is 506 g/mol. The van der Waals surface area contributed by atoms with Crippen LogP contribution in [0.25, 0.3) is 0 Å². The number of benzene rings is 2. The number of guanidine groups is 1. The second-order valence-electron chi connectivity index (χ2n) is 7.51. The van der Waals surface area contributed by atoms with Crippen LogP contribution in [0.3, 0.4) is 0 Å². The van der Waals surface area contributed by atoms with Gasteiger partial charge in [-0.15, -0.1) is 24.0 Å². The smallest absolute Gasteiger partial charge is 0.193 e. The van der Waals surface area contributed by atoms with Crippen LogP contribution < -0.4 is 10.2 Å². The third-order valence-corrected chi connectivity index (χ3v) is 5.73. The summed E-state index contributed by atoms with van der Waals surface area (Å²) < 4.78 is 5.44. The fourth-order valence-electron chi connectivity index (χ4n) is 4.11. The molecule has 0 saturated carbocycles. The van der Waals surface area contributed by atoms with Crippen molar-refractivity contribution in [2.45, 2.75) is 18.9 Å². The van der Waals surface area contributed by atoms with Crippen molar-refractivity contribution in [3.05, 3.63) is 65.7 Å². The Morgan fingerprint density at radius 2 is 1.76 bits per heavy atom. The molecule has 2 fully saturated rings. The zero-order chi connectivity index (χ0) is 19.2. The third kappa shape index (κ3) is 5.63. The Labute approximate surface area is 191 Å². The quantitative estimate of drug-likeness (QED) is 0.390. The summed E-state index contributed by atoms with van der Waals surface area (Å²) in [6.45, 7) is 6.46. The molecule has 2 saturated heterocycles. The third-order valence-electron chi connectivity index (χ3n) is 5.73. The van der Waals surface area contributed by atoms with Gasteiger partial charge in [0.05, 0.1) is 13.2 Å². The first-order valence-corrected chi connectivity index (χ1v) is 10.3. The molecule has 2 aliphatic heterocycles. The highest BCUT2D eigenvalue weighted by Gasteiger charge is 2.25. The van der Waals surface area contributed by atoms with Gasteiger partial charge in [0.25, 0.3) is 0 Å². The number of nitrogens with zero attached hydrogens (tertiary/aromatic N) is 3. The molecule has 5 nitrogen and oxygen atoms in total. The van der Waals surface area contributed by atoms with Gasteiger partial charge in [-0.25, -0.2) is 0 Å². The van der Waals surface area contributed by atoms with Gasteiger partial charge in [-0.1, -0.05) is 42.5 Å². The number of nitrogens with one attached hydrogen (secondary N) is 1. The van der Waals surface area contributed by atoms with Crippen molar-refractivity contribution in [1.29, 1.82) is 0 Å². The Morgan fingerprint density at radius 3 is 2.45 bits per heavy atom. The zero-order valence-electron chi connectivity index (χ0n) is 17.1. The van der Waals surface area contributed by atoms with Gasteiger partial charge in [0, 0.05) is 51.4 Å². The molecular formula is C23H31IN4O. The number of hydrogen-bond donors (Lipinski definition) is 1. The highest BCUT2D eigenvalue weighted by molar-refractivity contribution is 14.0. The summed E-state index contributed by atoms with van der Waals surface area (Å²) in [7, 11) is 1.87. The number of likely N-dealkylation sites (tertiary alicyclic amines) is 1. The number of anilines is 1. The lowest BCUT2D eigenvalue weighted by Gasteiger charge is -2.29. The lowest BCUT2D eigenvalue weighted by Crippen LogP contribution is -2.39. The number of hydrogen-bond acceptors (Lipinski definition) is 3. The van der Waals surface area contributed by atoms with Crippen LogP contribution in [0.4, 0.5) is 5.69 Å². The molecule has 1 N–H and O–H groups in total. The van der Waals surface area contributed by atoms with Gasteiger partial charge in [-0.05, 0) is 29.7 Å². The van der Waals surface area contributed by atoms with Crippen LogP contribution in [0.2, 0.25) is 0 Å². The second kappa shape index (κ2) is 10.8.